The number of ether oxygens (including phenoxy) is 1. The molecule has 3 aromatic rings. The molecular weight excluding hydrogens is 437 g/mol. The number of nitrogens with zero attached hydrogens (tertiary/aromatic N) is 4. The minimum atomic E-state index is -0.501. The van der Waals surface area contributed by atoms with E-state index in [1.165, 1.54) is 48.2 Å². The van der Waals surface area contributed by atoms with Gasteiger partial charge in [0.05, 0.1) is 10.7 Å². The van der Waals surface area contributed by atoms with Gasteiger partial charge < -0.3 is 14.6 Å². The first-order valence-electron chi connectivity index (χ1n) is 9.78. The van der Waals surface area contributed by atoms with Crippen LogP contribution in [-0.4, -0.2) is 31.3 Å². The molecule has 1 unspecified atom stereocenters. The lowest BCUT2D eigenvalue weighted by Gasteiger charge is -2.18. The molecule has 1 N–H and O–H groups in total. The number of thioether (sulfide) groups is 1. The Bertz CT molecular complexity index is 1090. The number of non-ortho nitro benzene ring substituents is 1. The summed E-state index contributed by atoms with van der Waals surface area (Å²) in [6, 6.07) is 11.3. The lowest BCUT2D eigenvalue weighted by Crippen LogP contribution is -2.16. The summed E-state index contributed by atoms with van der Waals surface area (Å²) < 4.78 is 20.9. The van der Waals surface area contributed by atoms with Gasteiger partial charge in [-0.2, -0.15) is 0 Å². The Morgan fingerprint density at radius 1 is 1.16 bits per heavy atom. The van der Waals surface area contributed by atoms with Gasteiger partial charge >= 0.3 is 0 Å². The number of nitro benzene ring substituents is 1. The summed E-state index contributed by atoms with van der Waals surface area (Å²) in [7, 11) is 0. The van der Waals surface area contributed by atoms with Gasteiger partial charge in [0.1, 0.15) is 11.6 Å². The zero-order valence-electron chi connectivity index (χ0n) is 17.7. The van der Waals surface area contributed by atoms with Crippen molar-refractivity contribution >= 4 is 29.0 Å². The van der Waals surface area contributed by atoms with Crippen LogP contribution in [0.4, 0.5) is 15.8 Å². The molecule has 0 spiro atoms. The number of nitro groups is 1. The number of rotatable bonds is 9. The van der Waals surface area contributed by atoms with Crippen molar-refractivity contribution in [1.82, 2.24) is 14.8 Å². The molecule has 2 aromatic carbocycles. The van der Waals surface area contributed by atoms with E-state index in [2.05, 4.69) is 15.5 Å². The predicted octanol–water partition coefficient (Wildman–Crippen LogP) is 4.78. The molecule has 0 aliphatic carbocycles. The quantitative estimate of drug-likeness (QED) is 0.278. The number of carbonyl (C=O) groups excluding carboxylic acids is 1. The van der Waals surface area contributed by atoms with Crippen molar-refractivity contribution in [2.45, 2.75) is 38.1 Å². The van der Waals surface area contributed by atoms with Gasteiger partial charge in [-0.1, -0.05) is 11.8 Å². The van der Waals surface area contributed by atoms with Gasteiger partial charge in [-0.25, -0.2) is 4.39 Å². The minimum absolute atomic E-state index is 0.0134. The third-order valence-corrected chi connectivity index (χ3v) is 5.33. The van der Waals surface area contributed by atoms with Gasteiger partial charge in [0.2, 0.25) is 5.91 Å². The van der Waals surface area contributed by atoms with Gasteiger partial charge in [0.25, 0.3) is 5.69 Å². The van der Waals surface area contributed by atoms with E-state index in [1.54, 1.807) is 12.1 Å². The van der Waals surface area contributed by atoms with Crippen LogP contribution in [0.25, 0.3) is 0 Å². The Balaban J connectivity index is 1.64. The van der Waals surface area contributed by atoms with Crippen LogP contribution in [0.5, 0.6) is 5.75 Å². The fourth-order valence-electron chi connectivity index (χ4n) is 2.91. The number of hydrogen-bond donors (Lipinski definition) is 1. The van der Waals surface area contributed by atoms with Gasteiger partial charge in [0.15, 0.2) is 17.1 Å². The highest BCUT2D eigenvalue weighted by atomic mass is 32.2. The lowest BCUT2D eigenvalue weighted by atomic mass is 10.3. The van der Waals surface area contributed by atoms with Gasteiger partial charge in [-0.3, -0.25) is 14.9 Å². The maximum atomic E-state index is 13.1. The van der Waals surface area contributed by atoms with Crippen LogP contribution < -0.4 is 10.1 Å². The monoisotopic (exact) mass is 459 g/mol. The second-order valence-electron chi connectivity index (χ2n) is 7.16. The maximum Gasteiger partial charge on any atom is 0.269 e. The Hall–Kier alpha value is -3.47. The summed E-state index contributed by atoms with van der Waals surface area (Å²) in [6.45, 7) is 5.76. The topological polar surface area (TPSA) is 112 Å². The minimum Gasteiger partial charge on any atom is -0.483 e. The molecule has 0 saturated heterocycles. The van der Waals surface area contributed by atoms with E-state index < -0.39 is 11.0 Å². The Labute approximate surface area is 188 Å². The first-order valence-corrected chi connectivity index (χ1v) is 10.8. The zero-order chi connectivity index (χ0) is 23.3. The van der Waals surface area contributed by atoms with Crippen LogP contribution in [0.2, 0.25) is 0 Å². The van der Waals surface area contributed by atoms with E-state index in [-0.39, 0.29) is 29.2 Å². The molecule has 168 valence electrons. The van der Waals surface area contributed by atoms with E-state index in [0.29, 0.717) is 22.4 Å². The molecule has 1 amide bonds. The van der Waals surface area contributed by atoms with Gasteiger partial charge in [-0.05, 0) is 57.2 Å². The second kappa shape index (κ2) is 10.2. The first-order chi connectivity index (χ1) is 15.2. The molecule has 9 nitrogen and oxygen atoms in total. The number of benzene rings is 2. The molecule has 1 heterocycles. The Morgan fingerprint density at radius 2 is 1.81 bits per heavy atom. The second-order valence-corrected chi connectivity index (χ2v) is 8.10. The van der Waals surface area contributed by atoms with Crippen molar-refractivity contribution in [3.63, 3.8) is 0 Å². The molecule has 11 heteroatoms. The van der Waals surface area contributed by atoms with Crippen LogP contribution in [0.1, 0.15) is 38.7 Å². The van der Waals surface area contributed by atoms with E-state index in [4.69, 9.17) is 4.74 Å². The van der Waals surface area contributed by atoms with Crippen molar-refractivity contribution in [3.05, 3.63) is 70.3 Å². The van der Waals surface area contributed by atoms with Gasteiger partial charge in [-0.15, -0.1) is 10.2 Å². The number of aromatic nitrogens is 3. The van der Waals surface area contributed by atoms with E-state index >= 15 is 0 Å². The first kappa shape index (κ1) is 23.2. The van der Waals surface area contributed by atoms with Crippen molar-refractivity contribution in [2.75, 3.05) is 11.1 Å². The van der Waals surface area contributed by atoms with Crippen LogP contribution in [0.15, 0.2) is 53.7 Å². The highest BCUT2D eigenvalue weighted by molar-refractivity contribution is 7.99. The third kappa shape index (κ3) is 5.82. The predicted molar refractivity (Wildman–Crippen MR) is 118 cm³/mol. The van der Waals surface area contributed by atoms with Crippen molar-refractivity contribution in [2.24, 2.45) is 0 Å². The average Bonchev–Trinajstić information content (AvgIpc) is 3.19. The van der Waals surface area contributed by atoms with E-state index in [9.17, 15) is 19.3 Å². The lowest BCUT2D eigenvalue weighted by molar-refractivity contribution is -0.384. The molecule has 0 fully saturated rings. The SMILES string of the molecule is CC(Oc1ccc(F)cc1)c1nnc(SCC(=O)Nc2ccc([N+](=O)[O-])cc2)n1C(C)C. The number of halogens is 1. The number of amides is 1. The summed E-state index contributed by atoms with van der Waals surface area (Å²) in [6.07, 6.45) is -0.446. The average molecular weight is 460 g/mol. The molecule has 0 bridgehead atoms. The largest absolute Gasteiger partial charge is 0.483 e. The molecule has 32 heavy (non-hydrogen) atoms. The smallest absolute Gasteiger partial charge is 0.269 e. The number of nitrogens with one attached hydrogen (secondary N) is 1. The summed E-state index contributed by atoms with van der Waals surface area (Å²) in [5.41, 5.74) is 0.417. The van der Waals surface area contributed by atoms with E-state index in [0.717, 1.165) is 0 Å². The molecular formula is C21H22FN5O4S. The standard InChI is InChI=1S/C21H22FN5O4S/c1-13(2)26-20(14(3)31-18-10-4-15(22)5-11-18)24-25-21(26)32-12-19(28)23-16-6-8-17(9-7-16)27(29)30/h4-11,13-14H,12H2,1-3H3,(H,23,28). The number of hydrogen-bond acceptors (Lipinski definition) is 7. The van der Waals surface area contributed by atoms with Crippen molar-refractivity contribution in [1.29, 1.82) is 0 Å². The number of carbonyl (C=O) groups is 1. The Kier molecular flexibility index (Phi) is 7.41. The summed E-state index contributed by atoms with van der Waals surface area (Å²) in [5, 5.41) is 22.4. The van der Waals surface area contributed by atoms with Crippen molar-refractivity contribution in [3.8, 4) is 5.75 Å². The number of anilines is 1. The zero-order valence-corrected chi connectivity index (χ0v) is 18.5. The molecule has 1 atom stereocenters. The van der Waals surface area contributed by atoms with Crippen LogP contribution >= 0.6 is 11.8 Å². The molecule has 0 saturated carbocycles. The Morgan fingerprint density at radius 3 is 2.41 bits per heavy atom. The summed E-state index contributed by atoms with van der Waals surface area (Å²) in [4.78, 5) is 22.5. The van der Waals surface area contributed by atoms with Crippen molar-refractivity contribution < 1.29 is 18.8 Å². The summed E-state index contributed by atoms with van der Waals surface area (Å²) in [5.74, 6) is 0.548. The van der Waals surface area contributed by atoms with Gasteiger partial charge in [0, 0.05) is 23.9 Å². The molecule has 1 aromatic heterocycles. The third-order valence-electron chi connectivity index (χ3n) is 4.39. The highest BCUT2D eigenvalue weighted by Crippen LogP contribution is 2.28. The highest BCUT2D eigenvalue weighted by Gasteiger charge is 2.22. The molecule has 0 radical (unpaired) electrons. The van der Waals surface area contributed by atoms with Crippen LogP contribution in [0.3, 0.4) is 0 Å². The fourth-order valence-corrected chi connectivity index (χ4v) is 3.79. The fraction of sp³-hybridized carbons (Fsp3) is 0.286. The molecule has 0 aliphatic heterocycles. The van der Waals surface area contributed by atoms with Crippen LogP contribution in [-0.2, 0) is 4.79 Å². The molecule has 3 rings (SSSR count). The summed E-state index contributed by atoms with van der Waals surface area (Å²) >= 11 is 1.22. The molecule has 0 aliphatic rings. The van der Waals surface area contributed by atoms with E-state index in [1.807, 2.05) is 25.3 Å². The van der Waals surface area contributed by atoms with Crippen LogP contribution in [0, 0.1) is 15.9 Å². The normalized spacial score (nSPS) is 11.9. The maximum absolute atomic E-state index is 13.1.